The first-order valence-electron chi connectivity index (χ1n) is 13.1. The van der Waals surface area contributed by atoms with Gasteiger partial charge in [-0.3, -0.25) is 10.2 Å². The Bertz CT molecular complexity index is 1180. The van der Waals surface area contributed by atoms with Gasteiger partial charge in [-0.05, 0) is 68.7 Å². The van der Waals surface area contributed by atoms with Crippen molar-refractivity contribution in [3.8, 4) is 0 Å². The Hall–Kier alpha value is -3.92. The lowest BCUT2D eigenvalue weighted by Crippen LogP contribution is -2.33. The molecular weight excluding hydrogens is 466 g/mol. The van der Waals surface area contributed by atoms with Crippen molar-refractivity contribution in [1.29, 1.82) is 0 Å². The van der Waals surface area contributed by atoms with E-state index in [0.717, 1.165) is 77.8 Å². The molecule has 1 aliphatic rings. The van der Waals surface area contributed by atoms with Gasteiger partial charge in [0.15, 0.2) is 6.29 Å². The van der Waals surface area contributed by atoms with Crippen LogP contribution >= 0.6 is 0 Å². The summed E-state index contributed by atoms with van der Waals surface area (Å²) in [6.45, 7) is 26.4. The van der Waals surface area contributed by atoms with Crippen LogP contribution in [-0.4, -0.2) is 30.5 Å². The minimum Gasteiger partial charge on any atom is -0.375 e. The Kier molecular flexibility index (Phi) is 12.2. The third-order valence-electron chi connectivity index (χ3n) is 6.74. The summed E-state index contributed by atoms with van der Waals surface area (Å²) in [6.07, 6.45) is 12.9. The molecule has 0 radical (unpaired) electrons. The van der Waals surface area contributed by atoms with Crippen molar-refractivity contribution in [2.45, 2.75) is 47.0 Å². The number of rotatable bonds is 13. The number of nitrogens with zero attached hydrogens (tertiary/aromatic N) is 2. The largest absolute Gasteiger partial charge is 0.375 e. The minimum atomic E-state index is 0.259. The van der Waals surface area contributed by atoms with Gasteiger partial charge in [-0.15, -0.1) is 0 Å². The lowest BCUT2D eigenvalue weighted by molar-refractivity contribution is -0.104. The average Bonchev–Trinajstić information content (AvgIpc) is 2.91. The fraction of sp³-hybridized carbons (Fsp3) is 0.294. The van der Waals surface area contributed by atoms with Gasteiger partial charge in [-0.1, -0.05) is 86.0 Å². The summed E-state index contributed by atoms with van der Waals surface area (Å²) in [6, 6.07) is 10.3. The molecule has 1 aliphatic heterocycles. The third-order valence-corrected chi connectivity index (χ3v) is 6.74. The fourth-order valence-corrected chi connectivity index (χ4v) is 4.42. The monoisotopic (exact) mass is 509 g/mol. The molecule has 2 rings (SSSR count). The zero-order valence-corrected chi connectivity index (χ0v) is 23.6. The second-order valence-electron chi connectivity index (χ2n) is 10.0. The van der Waals surface area contributed by atoms with E-state index in [-0.39, 0.29) is 5.92 Å². The molecule has 0 atom stereocenters. The van der Waals surface area contributed by atoms with Crippen molar-refractivity contribution in [3.05, 3.63) is 126 Å². The van der Waals surface area contributed by atoms with Crippen LogP contribution in [0.2, 0.25) is 0 Å². The average molecular weight is 510 g/mol. The van der Waals surface area contributed by atoms with Gasteiger partial charge in [-0.25, -0.2) is 0 Å². The van der Waals surface area contributed by atoms with Gasteiger partial charge >= 0.3 is 0 Å². The molecule has 0 unspecified atom stereocenters. The molecule has 4 nitrogen and oxygen atoms in total. The molecular formula is C34H43N3O. The molecule has 0 amide bonds. The van der Waals surface area contributed by atoms with Gasteiger partial charge in [0.2, 0.25) is 0 Å². The highest BCUT2D eigenvalue weighted by molar-refractivity contribution is 5.87. The highest BCUT2D eigenvalue weighted by Crippen LogP contribution is 2.29. The smallest absolute Gasteiger partial charge is 0.151 e. The molecule has 1 heterocycles. The van der Waals surface area contributed by atoms with E-state index in [2.05, 4.69) is 73.0 Å². The lowest BCUT2D eigenvalue weighted by atomic mass is 9.86. The number of hydrogen-bond acceptors (Lipinski definition) is 4. The van der Waals surface area contributed by atoms with Gasteiger partial charge in [0.25, 0.3) is 0 Å². The van der Waals surface area contributed by atoms with Crippen LogP contribution in [0.4, 0.5) is 0 Å². The van der Waals surface area contributed by atoms with Crippen LogP contribution in [-0.2, 0) is 4.79 Å². The van der Waals surface area contributed by atoms with Crippen LogP contribution in [0.1, 0.15) is 52.5 Å². The molecule has 1 aromatic carbocycles. The van der Waals surface area contributed by atoms with Crippen LogP contribution in [0.5, 0.6) is 0 Å². The Morgan fingerprint density at radius 1 is 1.03 bits per heavy atom. The van der Waals surface area contributed by atoms with E-state index >= 15 is 0 Å². The summed E-state index contributed by atoms with van der Waals surface area (Å²) in [5.74, 6) is 0.259. The van der Waals surface area contributed by atoms with Crippen molar-refractivity contribution >= 4 is 18.1 Å². The maximum absolute atomic E-state index is 11.8. The molecule has 0 aliphatic carbocycles. The first kappa shape index (κ1) is 30.3. The number of nitrogens with one attached hydrogen (secondary N) is 1. The normalized spacial score (nSPS) is 15.3. The molecule has 1 aromatic rings. The Morgan fingerprint density at radius 2 is 1.68 bits per heavy atom. The zero-order valence-electron chi connectivity index (χ0n) is 23.6. The van der Waals surface area contributed by atoms with E-state index in [1.807, 2.05) is 45.0 Å². The maximum Gasteiger partial charge on any atom is 0.151 e. The summed E-state index contributed by atoms with van der Waals surface area (Å²) in [7, 11) is 0. The number of piperidine rings is 1. The highest BCUT2D eigenvalue weighted by atomic mass is 16.1. The third kappa shape index (κ3) is 9.19. The lowest BCUT2D eigenvalue weighted by Gasteiger charge is -2.35. The molecule has 200 valence electrons. The van der Waals surface area contributed by atoms with Crippen molar-refractivity contribution in [2.75, 3.05) is 13.1 Å². The van der Waals surface area contributed by atoms with Crippen molar-refractivity contribution in [1.82, 2.24) is 10.3 Å². The summed E-state index contributed by atoms with van der Waals surface area (Å²) in [5.41, 5.74) is 11.9. The number of allylic oxidation sites excluding steroid dienone is 10. The topological polar surface area (TPSA) is 44.7 Å². The Balaban J connectivity index is 2.05. The highest BCUT2D eigenvalue weighted by Gasteiger charge is 2.23. The van der Waals surface area contributed by atoms with Crippen LogP contribution in [0.15, 0.2) is 125 Å². The second kappa shape index (κ2) is 15.4. The Labute approximate surface area is 229 Å². The van der Waals surface area contributed by atoms with E-state index in [1.165, 1.54) is 5.56 Å². The van der Waals surface area contributed by atoms with Crippen LogP contribution in [0.25, 0.3) is 5.57 Å². The molecule has 0 spiro atoms. The fourth-order valence-electron chi connectivity index (χ4n) is 4.42. The van der Waals surface area contributed by atoms with Gasteiger partial charge in [0, 0.05) is 42.6 Å². The quantitative estimate of drug-likeness (QED) is 0.0733. The standard InChI is InChI=1S/C34H43N3O/c1-9-30(16-15-27(6)31-13-11-10-12-14-31)34(26(4)5)23-36-35-22-33(24-38)29(8)32-17-19-37(20-18-32)28(7)21-25(2)3/h9-16,22-24,32,35H,1-2,7-8,17-21H2,3-6H3/b27-15+,30-16+,33-22-,36-23-. The minimum absolute atomic E-state index is 0.259. The van der Waals surface area contributed by atoms with Crippen LogP contribution < -0.4 is 5.43 Å². The number of hydrazone groups is 1. The maximum atomic E-state index is 11.8. The molecule has 1 N–H and O–H groups in total. The molecule has 38 heavy (non-hydrogen) atoms. The predicted octanol–water partition coefficient (Wildman–Crippen LogP) is 7.95. The first-order chi connectivity index (χ1) is 18.2. The number of carbonyl (C=O) groups is 1. The van der Waals surface area contributed by atoms with E-state index in [0.29, 0.717) is 5.57 Å². The van der Waals surface area contributed by atoms with E-state index in [1.54, 1.807) is 12.4 Å². The number of likely N-dealkylation sites (tertiary alicyclic amines) is 1. The van der Waals surface area contributed by atoms with Crippen molar-refractivity contribution in [2.24, 2.45) is 11.0 Å². The molecule has 0 aromatic heterocycles. The summed E-state index contributed by atoms with van der Waals surface area (Å²) in [4.78, 5) is 14.2. The van der Waals surface area contributed by atoms with Gasteiger partial charge in [0.05, 0.1) is 6.21 Å². The van der Waals surface area contributed by atoms with Crippen molar-refractivity contribution < 1.29 is 4.79 Å². The Morgan fingerprint density at radius 3 is 2.24 bits per heavy atom. The SMILES string of the molecule is C=C/C(=C\C=C(/C)c1ccccc1)C(/C=N\N/C=C(/C=O)C(=C)C1CCN(C(=C)CC(=C)C)CC1)=C(C)C. The van der Waals surface area contributed by atoms with Crippen LogP contribution in [0.3, 0.4) is 0 Å². The van der Waals surface area contributed by atoms with E-state index in [4.69, 9.17) is 0 Å². The van der Waals surface area contributed by atoms with Gasteiger partial charge < -0.3 is 4.90 Å². The summed E-state index contributed by atoms with van der Waals surface area (Å²) in [5, 5.41) is 4.38. The molecule has 0 saturated carbocycles. The summed E-state index contributed by atoms with van der Waals surface area (Å²) >= 11 is 0. The second-order valence-corrected chi connectivity index (χ2v) is 10.0. The molecule has 1 fully saturated rings. The van der Waals surface area contributed by atoms with Gasteiger partial charge in [0.1, 0.15) is 0 Å². The van der Waals surface area contributed by atoms with Gasteiger partial charge in [-0.2, -0.15) is 5.10 Å². The zero-order chi connectivity index (χ0) is 28.1. The predicted molar refractivity (Wildman–Crippen MR) is 165 cm³/mol. The van der Waals surface area contributed by atoms with E-state index in [9.17, 15) is 4.79 Å². The molecule has 1 saturated heterocycles. The van der Waals surface area contributed by atoms with Crippen molar-refractivity contribution in [3.63, 3.8) is 0 Å². The summed E-state index contributed by atoms with van der Waals surface area (Å²) < 4.78 is 0. The number of hydrogen-bond donors (Lipinski definition) is 1. The molecule has 4 heteroatoms. The number of carbonyl (C=O) groups excluding carboxylic acids is 1. The number of benzene rings is 1. The van der Waals surface area contributed by atoms with E-state index < -0.39 is 0 Å². The molecule has 0 bridgehead atoms. The first-order valence-corrected chi connectivity index (χ1v) is 13.1. The van der Waals surface area contributed by atoms with Crippen LogP contribution in [0, 0.1) is 5.92 Å². The number of aldehydes is 1.